The number of amides is 2. The summed E-state index contributed by atoms with van der Waals surface area (Å²) in [4.78, 5) is 23.9. The zero-order chi connectivity index (χ0) is 18.2. The smallest absolute Gasteiger partial charge is 0.233 e. The Kier molecular flexibility index (Phi) is 6.39. The Balaban J connectivity index is 1.87. The van der Waals surface area contributed by atoms with Crippen molar-refractivity contribution < 1.29 is 19.1 Å². The molecule has 132 valence electrons. The van der Waals surface area contributed by atoms with Gasteiger partial charge >= 0.3 is 0 Å². The summed E-state index contributed by atoms with van der Waals surface area (Å²) in [7, 11) is 3.05. The molecule has 2 aromatic rings. The van der Waals surface area contributed by atoms with Crippen molar-refractivity contribution >= 4 is 17.5 Å². The minimum absolute atomic E-state index is 0.250. The van der Waals surface area contributed by atoms with Crippen molar-refractivity contribution in [2.24, 2.45) is 0 Å². The molecule has 0 aliphatic carbocycles. The van der Waals surface area contributed by atoms with Crippen molar-refractivity contribution in [3.63, 3.8) is 0 Å². The maximum absolute atomic E-state index is 12.0. The summed E-state index contributed by atoms with van der Waals surface area (Å²) in [6, 6.07) is 12.8. The Hall–Kier alpha value is -3.02. The largest absolute Gasteiger partial charge is 0.493 e. The van der Waals surface area contributed by atoms with Crippen LogP contribution in [0.5, 0.6) is 11.5 Å². The molecule has 6 nitrogen and oxygen atoms in total. The van der Waals surface area contributed by atoms with Gasteiger partial charge in [0.05, 0.1) is 14.2 Å². The van der Waals surface area contributed by atoms with Crippen LogP contribution in [0.1, 0.15) is 17.5 Å². The molecule has 0 saturated carbocycles. The second-order valence-corrected chi connectivity index (χ2v) is 5.50. The molecule has 0 heterocycles. The van der Waals surface area contributed by atoms with E-state index in [0.717, 1.165) is 11.1 Å². The number of hydrogen-bond donors (Lipinski definition) is 2. The molecule has 2 N–H and O–H groups in total. The van der Waals surface area contributed by atoms with E-state index >= 15 is 0 Å². The van der Waals surface area contributed by atoms with E-state index in [1.165, 1.54) is 14.2 Å². The highest BCUT2D eigenvalue weighted by atomic mass is 16.5. The van der Waals surface area contributed by atoms with Crippen molar-refractivity contribution in [3.05, 3.63) is 53.6 Å². The quantitative estimate of drug-likeness (QED) is 0.759. The zero-order valence-corrected chi connectivity index (χ0v) is 14.6. The number of hydrogen-bond acceptors (Lipinski definition) is 4. The first kappa shape index (κ1) is 18.3. The summed E-state index contributed by atoms with van der Waals surface area (Å²) in [6.07, 6.45) is -0.250. The Morgan fingerprint density at radius 1 is 0.960 bits per heavy atom. The van der Waals surface area contributed by atoms with Gasteiger partial charge in [0.1, 0.15) is 6.42 Å². The first-order valence-corrected chi connectivity index (χ1v) is 7.86. The molecule has 25 heavy (non-hydrogen) atoms. The number of carbonyl (C=O) groups is 2. The van der Waals surface area contributed by atoms with Gasteiger partial charge in [0.2, 0.25) is 11.8 Å². The average molecular weight is 342 g/mol. The molecule has 2 aromatic carbocycles. The standard InChI is InChI=1S/C19H22N2O4/c1-13-6-4-5-7-14(13)12-20-18(22)11-19(23)21-15-8-9-16(24-2)17(10-15)25-3/h4-10H,11-12H2,1-3H3,(H,20,22)(H,21,23). The van der Waals surface area contributed by atoms with Gasteiger partial charge in [-0.1, -0.05) is 24.3 Å². The Bertz CT molecular complexity index is 759. The van der Waals surface area contributed by atoms with Crippen molar-refractivity contribution in [3.8, 4) is 11.5 Å². The van der Waals surface area contributed by atoms with Crippen LogP contribution in [0.25, 0.3) is 0 Å². The molecule has 2 amide bonds. The molecule has 0 saturated heterocycles. The number of aryl methyl sites for hydroxylation is 1. The van der Waals surface area contributed by atoms with Gasteiger partial charge in [-0.2, -0.15) is 0 Å². The predicted octanol–water partition coefficient (Wildman–Crippen LogP) is 2.66. The van der Waals surface area contributed by atoms with Gasteiger partial charge in [-0.25, -0.2) is 0 Å². The fraction of sp³-hybridized carbons (Fsp3) is 0.263. The van der Waals surface area contributed by atoms with E-state index in [0.29, 0.717) is 23.7 Å². The molecule has 0 aromatic heterocycles. The number of anilines is 1. The van der Waals surface area contributed by atoms with Crippen LogP contribution in [0, 0.1) is 6.92 Å². The van der Waals surface area contributed by atoms with Gasteiger partial charge < -0.3 is 20.1 Å². The Morgan fingerprint density at radius 3 is 2.36 bits per heavy atom. The van der Waals surface area contributed by atoms with E-state index in [1.807, 2.05) is 31.2 Å². The van der Waals surface area contributed by atoms with E-state index in [-0.39, 0.29) is 12.3 Å². The topological polar surface area (TPSA) is 76.7 Å². The maximum atomic E-state index is 12.0. The SMILES string of the molecule is COc1ccc(NC(=O)CC(=O)NCc2ccccc2C)cc1OC. The lowest BCUT2D eigenvalue weighted by atomic mass is 10.1. The van der Waals surface area contributed by atoms with Crippen molar-refractivity contribution in [2.45, 2.75) is 19.9 Å². The van der Waals surface area contributed by atoms with E-state index < -0.39 is 5.91 Å². The van der Waals surface area contributed by atoms with Crippen LogP contribution >= 0.6 is 0 Å². The molecule has 0 aliphatic heterocycles. The normalized spacial score (nSPS) is 10.0. The van der Waals surface area contributed by atoms with Gasteiger partial charge in [0, 0.05) is 18.3 Å². The third-order valence-electron chi connectivity index (χ3n) is 3.73. The molecular formula is C19H22N2O4. The lowest BCUT2D eigenvalue weighted by Gasteiger charge is -2.11. The van der Waals surface area contributed by atoms with Crippen LogP contribution < -0.4 is 20.1 Å². The van der Waals surface area contributed by atoms with Crippen LogP contribution in [0.4, 0.5) is 5.69 Å². The van der Waals surface area contributed by atoms with Gasteiger partial charge in [0.15, 0.2) is 11.5 Å². The molecule has 0 unspecified atom stereocenters. The Morgan fingerprint density at radius 2 is 1.68 bits per heavy atom. The summed E-state index contributed by atoms with van der Waals surface area (Å²) in [5.74, 6) is 0.344. The number of nitrogens with one attached hydrogen (secondary N) is 2. The second-order valence-electron chi connectivity index (χ2n) is 5.50. The van der Waals surface area contributed by atoms with Gasteiger partial charge in [-0.05, 0) is 30.2 Å². The fourth-order valence-corrected chi connectivity index (χ4v) is 2.33. The summed E-state index contributed by atoms with van der Waals surface area (Å²) in [5, 5.41) is 5.43. The van der Waals surface area contributed by atoms with Crippen molar-refractivity contribution in [1.82, 2.24) is 5.32 Å². The molecule has 0 fully saturated rings. The molecule has 6 heteroatoms. The van der Waals surface area contributed by atoms with Gasteiger partial charge in [-0.3, -0.25) is 9.59 Å². The van der Waals surface area contributed by atoms with Crippen LogP contribution in [0.15, 0.2) is 42.5 Å². The minimum atomic E-state index is -0.394. The van der Waals surface area contributed by atoms with Crippen LogP contribution in [0.2, 0.25) is 0 Å². The highest BCUT2D eigenvalue weighted by molar-refractivity contribution is 6.03. The van der Waals surface area contributed by atoms with Crippen LogP contribution in [0.3, 0.4) is 0 Å². The minimum Gasteiger partial charge on any atom is -0.493 e. The number of carbonyl (C=O) groups excluding carboxylic acids is 2. The molecule has 0 aliphatic rings. The highest BCUT2D eigenvalue weighted by Gasteiger charge is 2.11. The summed E-state index contributed by atoms with van der Waals surface area (Å²) >= 11 is 0. The first-order valence-electron chi connectivity index (χ1n) is 7.86. The number of benzene rings is 2. The molecule has 0 bridgehead atoms. The van der Waals surface area contributed by atoms with Gasteiger partial charge in [-0.15, -0.1) is 0 Å². The zero-order valence-electron chi connectivity index (χ0n) is 14.6. The average Bonchev–Trinajstić information content (AvgIpc) is 2.60. The van der Waals surface area contributed by atoms with Crippen LogP contribution in [-0.2, 0) is 16.1 Å². The lowest BCUT2D eigenvalue weighted by molar-refractivity contribution is -0.126. The molecule has 0 spiro atoms. The lowest BCUT2D eigenvalue weighted by Crippen LogP contribution is -2.28. The number of ether oxygens (including phenoxy) is 2. The third kappa shape index (κ3) is 5.24. The maximum Gasteiger partial charge on any atom is 0.233 e. The predicted molar refractivity (Wildman–Crippen MR) is 95.8 cm³/mol. The third-order valence-corrected chi connectivity index (χ3v) is 3.73. The number of rotatable bonds is 7. The van der Waals surface area contributed by atoms with Gasteiger partial charge in [0.25, 0.3) is 0 Å². The fourth-order valence-electron chi connectivity index (χ4n) is 2.33. The summed E-state index contributed by atoms with van der Waals surface area (Å²) in [5.41, 5.74) is 2.66. The molecule has 2 rings (SSSR count). The monoisotopic (exact) mass is 342 g/mol. The summed E-state index contributed by atoms with van der Waals surface area (Å²) < 4.78 is 10.3. The Labute approximate surface area is 147 Å². The first-order chi connectivity index (χ1) is 12.0. The molecular weight excluding hydrogens is 320 g/mol. The number of methoxy groups -OCH3 is 2. The van der Waals surface area contributed by atoms with E-state index in [4.69, 9.17) is 9.47 Å². The second kappa shape index (κ2) is 8.73. The highest BCUT2D eigenvalue weighted by Crippen LogP contribution is 2.29. The molecule has 0 atom stereocenters. The van der Waals surface area contributed by atoms with Crippen LogP contribution in [-0.4, -0.2) is 26.0 Å². The van der Waals surface area contributed by atoms with E-state index in [1.54, 1.807) is 18.2 Å². The summed E-state index contributed by atoms with van der Waals surface area (Å²) in [6.45, 7) is 2.38. The molecule has 0 radical (unpaired) electrons. The van der Waals surface area contributed by atoms with Crippen molar-refractivity contribution in [2.75, 3.05) is 19.5 Å². The van der Waals surface area contributed by atoms with E-state index in [2.05, 4.69) is 10.6 Å². The van der Waals surface area contributed by atoms with Crippen molar-refractivity contribution in [1.29, 1.82) is 0 Å². The van der Waals surface area contributed by atoms with E-state index in [9.17, 15) is 9.59 Å².